The summed E-state index contributed by atoms with van der Waals surface area (Å²) in [6, 6.07) is 9.73. The number of amides is 1. The van der Waals surface area contributed by atoms with Gasteiger partial charge in [-0.25, -0.2) is 8.42 Å². The molecule has 0 fully saturated rings. The molecule has 3 rings (SSSR count). The van der Waals surface area contributed by atoms with E-state index in [9.17, 15) is 23.3 Å². The molecule has 2 aromatic carbocycles. The van der Waals surface area contributed by atoms with Crippen molar-refractivity contribution >= 4 is 43.2 Å². The van der Waals surface area contributed by atoms with Crippen LogP contribution in [0.4, 0.5) is 5.69 Å². The minimum atomic E-state index is -3.80. The second kappa shape index (κ2) is 10.4. The van der Waals surface area contributed by atoms with Crippen molar-refractivity contribution in [3.63, 3.8) is 0 Å². The molecule has 1 aromatic heterocycles. The van der Waals surface area contributed by atoms with E-state index in [0.717, 1.165) is 11.3 Å². The number of terminal acetylenes is 1. The highest BCUT2D eigenvalue weighted by atomic mass is 32.2. The average Bonchev–Trinajstić information content (AvgIpc) is 3.15. The lowest BCUT2D eigenvalue weighted by Gasteiger charge is -2.19. The lowest BCUT2D eigenvalue weighted by Crippen LogP contribution is -2.31. The number of hydrogen-bond donors (Lipinski definition) is 0. The Morgan fingerprint density at radius 3 is 2.41 bits per heavy atom. The third-order valence-electron chi connectivity index (χ3n) is 4.73. The van der Waals surface area contributed by atoms with Crippen LogP contribution in [0.5, 0.6) is 0 Å². The summed E-state index contributed by atoms with van der Waals surface area (Å²) in [6.07, 6.45) is 8.40. The van der Waals surface area contributed by atoms with Crippen LogP contribution in [0.15, 0.2) is 77.7 Å². The van der Waals surface area contributed by atoms with Crippen LogP contribution in [0.25, 0.3) is 10.2 Å². The monoisotopic (exact) mass is 496 g/mol. The predicted octanol–water partition coefficient (Wildman–Crippen LogP) is 3.35. The Hall–Kier alpha value is -3.85. The fourth-order valence-corrected chi connectivity index (χ4v) is 5.58. The number of nitro groups is 1. The number of non-ortho nitro benzene ring substituents is 1. The van der Waals surface area contributed by atoms with E-state index < -0.39 is 20.9 Å². The van der Waals surface area contributed by atoms with Crippen molar-refractivity contribution in [3.8, 4) is 12.3 Å². The summed E-state index contributed by atoms with van der Waals surface area (Å²) < 4.78 is 29.0. The Morgan fingerprint density at radius 1 is 1.21 bits per heavy atom. The number of sulfonamides is 1. The molecule has 9 nitrogen and oxygen atoms in total. The van der Waals surface area contributed by atoms with E-state index in [0.29, 0.717) is 10.2 Å². The van der Waals surface area contributed by atoms with Crippen molar-refractivity contribution in [2.24, 2.45) is 4.99 Å². The molecule has 0 aliphatic rings. The quantitative estimate of drug-likeness (QED) is 0.195. The molecule has 34 heavy (non-hydrogen) atoms. The third-order valence-corrected chi connectivity index (χ3v) is 7.62. The van der Waals surface area contributed by atoms with Gasteiger partial charge in [0.1, 0.15) is 0 Å². The van der Waals surface area contributed by atoms with E-state index in [1.807, 2.05) is 0 Å². The number of fused-ring (bicyclic) bond motifs is 1. The lowest BCUT2D eigenvalue weighted by atomic mass is 10.2. The van der Waals surface area contributed by atoms with Gasteiger partial charge in [-0.05, 0) is 30.3 Å². The highest BCUT2D eigenvalue weighted by molar-refractivity contribution is 7.89. The van der Waals surface area contributed by atoms with Gasteiger partial charge in [0.15, 0.2) is 4.80 Å². The molecular weight excluding hydrogens is 476 g/mol. The third kappa shape index (κ3) is 5.04. The first kappa shape index (κ1) is 24.8. The molecular formula is C23H20N4O5S2. The minimum Gasteiger partial charge on any atom is -0.305 e. The van der Waals surface area contributed by atoms with E-state index in [2.05, 4.69) is 24.1 Å². The topological polar surface area (TPSA) is 115 Å². The first-order valence-corrected chi connectivity index (χ1v) is 12.1. The van der Waals surface area contributed by atoms with Crippen LogP contribution < -0.4 is 4.80 Å². The number of thiazole rings is 1. The number of carbonyl (C=O) groups is 1. The second-order valence-electron chi connectivity index (χ2n) is 6.92. The molecule has 11 heteroatoms. The lowest BCUT2D eigenvalue weighted by molar-refractivity contribution is -0.384. The summed E-state index contributed by atoms with van der Waals surface area (Å²) in [5, 5.41) is 11.1. The van der Waals surface area contributed by atoms with Gasteiger partial charge in [-0.2, -0.15) is 9.30 Å². The van der Waals surface area contributed by atoms with Crippen molar-refractivity contribution in [1.82, 2.24) is 8.87 Å². The van der Waals surface area contributed by atoms with Gasteiger partial charge in [-0.3, -0.25) is 14.9 Å². The SMILES string of the molecule is C#CCn1c(=NC(=O)c2ccc(S(=O)(=O)N(CC=C)CC=C)cc2)sc2cc([N+](=O)[O-])ccc21. The largest absolute Gasteiger partial charge is 0.305 e. The zero-order chi connectivity index (χ0) is 24.9. The van der Waals surface area contributed by atoms with E-state index >= 15 is 0 Å². The van der Waals surface area contributed by atoms with E-state index in [4.69, 9.17) is 6.42 Å². The highest BCUT2D eigenvalue weighted by Crippen LogP contribution is 2.23. The van der Waals surface area contributed by atoms with Gasteiger partial charge in [-0.15, -0.1) is 19.6 Å². The molecule has 0 N–H and O–H groups in total. The normalized spacial score (nSPS) is 11.9. The van der Waals surface area contributed by atoms with Crippen LogP contribution in [0, 0.1) is 22.5 Å². The fourth-order valence-electron chi connectivity index (χ4n) is 3.13. The fraction of sp³-hybridized carbons (Fsp3) is 0.130. The molecule has 0 saturated carbocycles. The molecule has 0 radical (unpaired) electrons. The maximum atomic E-state index is 12.8. The summed E-state index contributed by atoms with van der Waals surface area (Å²) in [6.45, 7) is 7.49. The van der Waals surface area contributed by atoms with Crippen LogP contribution in [0.3, 0.4) is 0 Å². The molecule has 0 atom stereocenters. The molecule has 1 amide bonds. The van der Waals surface area contributed by atoms with Gasteiger partial charge >= 0.3 is 0 Å². The minimum absolute atomic E-state index is 0.0179. The van der Waals surface area contributed by atoms with Crippen molar-refractivity contribution < 1.29 is 18.1 Å². The summed E-state index contributed by atoms with van der Waals surface area (Å²) in [4.78, 5) is 27.8. The van der Waals surface area contributed by atoms with Gasteiger partial charge < -0.3 is 4.57 Å². The molecule has 0 saturated heterocycles. The van der Waals surface area contributed by atoms with E-state index in [-0.39, 0.29) is 40.6 Å². The van der Waals surface area contributed by atoms with Crippen molar-refractivity contribution in [3.05, 3.63) is 88.3 Å². The molecule has 0 aliphatic carbocycles. The number of carbonyl (C=O) groups excluding carboxylic acids is 1. The van der Waals surface area contributed by atoms with Crippen LogP contribution in [0.2, 0.25) is 0 Å². The Morgan fingerprint density at radius 2 is 1.85 bits per heavy atom. The molecule has 1 heterocycles. The van der Waals surface area contributed by atoms with Gasteiger partial charge in [0.25, 0.3) is 11.6 Å². The maximum Gasteiger partial charge on any atom is 0.279 e. The Balaban J connectivity index is 1.99. The highest BCUT2D eigenvalue weighted by Gasteiger charge is 2.22. The first-order valence-electron chi connectivity index (χ1n) is 9.85. The zero-order valence-electron chi connectivity index (χ0n) is 18.0. The Labute approximate surface area is 200 Å². The average molecular weight is 497 g/mol. The first-order chi connectivity index (χ1) is 16.2. The summed E-state index contributed by atoms with van der Waals surface area (Å²) in [7, 11) is -3.80. The summed E-state index contributed by atoms with van der Waals surface area (Å²) in [5.74, 6) is 1.88. The summed E-state index contributed by atoms with van der Waals surface area (Å²) >= 11 is 1.09. The van der Waals surface area contributed by atoms with Gasteiger partial charge in [0.2, 0.25) is 10.0 Å². The zero-order valence-corrected chi connectivity index (χ0v) is 19.6. The molecule has 3 aromatic rings. The predicted molar refractivity (Wildman–Crippen MR) is 131 cm³/mol. The molecule has 174 valence electrons. The van der Waals surface area contributed by atoms with E-state index in [1.165, 1.54) is 52.9 Å². The number of nitrogens with zero attached hydrogens (tertiary/aromatic N) is 4. The van der Waals surface area contributed by atoms with E-state index in [1.54, 1.807) is 10.6 Å². The number of hydrogen-bond acceptors (Lipinski definition) is 6. The van der Waals surface area contributed by atoms with Crippen LogP contribution >= 0.6 is 11.3 Å². The number of nitro benzene ring substituents is 1. The molecule has 0 spiro atoms. The number of rotatable bonds is 9. The van der Waals surface area contributed by atoms with Gasteiger partial charge in [0, 0.05) is 30.8 Å². The van der Waals surface area contributed by atoms with Crippen LogP contribution in [-0.2, 0) is 16.6 Å². The molecule has 0 aliphatic heterocycles. The number of aromatic nitrogens is 1. The summed E-state index contributed by atoms with van der Waals surface area (Å²) in [5.41, 5.74) is 0.706. The van der Waals surface area contributed by atoms with Crippen molar-refractivity contribution in [2.45, 2.75) is 11.4 Å². The molecule has 0 bridgehead atoms. The smallest absolute Gasteiger partial charge is 0.279 e. The standard InChI is InChI=1S/C23H20N4O5S2/c1-4-13-25(14-5-2)34(31,32)19-10-7-17(8-11-19)22(28)24-23-26(15-6-3)20-12-9-18(27(29)30)16-21(20)33-23/h3-5,7-12,16H,1-2,13-15H2. The molecule has 0 unspecified atom stereocenters. The second-order valence-corrected chi connectivity index (χ2v) is 9.87. The van der Waals surface area contributed by atoms with Gasteiger partial charge in [-0.1, -0.05) is 29.4 Å². The Kier molecular flexibility index (Phi) is 7.57. The van der Waals surface area contributed by atoms with Gasteiger partial charge in [0.05, 0.1) is 26.6 Å². The van der Waals surface area contributed by atoms with Crippen molar-refractivity contribution in [1.29, 1.82) is 0 Å². The van der Waals surface area contributed by atoms with Crippen LogP contribution in [0.1, 0.15) is 10.4 Å². The van der Waals surface area contributed by atoms with Crippen LogP contribution in [-0.4, -0.2) is 41.2 Å². The maximum absolute atomic E-state index is 12.8. The Bertz CT molecular complexity index is 1480. The number of benzene rings is 2. The van der Waals surface area contributed by atoms with Crippen molar-refractivity contribution in [2.75, 3.05) is 13.1 Å².